The van der Waals surface area contributed by atoms with Gasteiger partial charge in [0.2, 0.25) is 0 Å². The smallest absolute Gasteiger partial charge is 0.123 e. The molecule has 1 aromatic carbocycles. The first-order valence-electron chi connectivity index (χ1n) is 9.68. The number of benzene rings is 1. The normalized spacial score (nSPS) is 33.3. The van der Waals surface area contributed by atoms with E-state index in [0.717, 1.165) is 24.2 Å². The van der Waals surface area contributed by atoms with E-state index in [-0.39, 0.29) is 5.82 Å². The molecule has 2 N–H and O–H groups in total. The molecular weight excluding hydrogens is 285 g/mol. The van der Waals surface area contributed by atoms with E-state index in [9.17, 15) is 4.39 Å². The molecule has 0 bridgehead atoms. The lowest BCUT2D eigenvalue weighted by atomic mass is 9.67. The van der Waals surface area contributed by atoms with E-state index in [2.05, 4.69) is 6.92 Å². The Balaban J connectivity index is 1.47. The third kappa shape index (κ3) is 4.15. The van der Waals surface area contributed by atoms with Crippen LogP contribution in [-0.4, -0.2) is 6.04 Å². The lowest BCUT2D eigenvalue weighted by Gasteiger charge is -2.39. The molecule has 2 aliphatic carbocycles. The molecule has 0 amide bonds. The fraction of sp³-hybridized carbons (Fsp3) is 0.714. The maximum absolute atomic E-state index is 13.1. The fourth-order valence-corrected chi connectivity index (χ4v) is 5.04. The Hall–Kier alpha value is -0.890. The van der Waals surface area contributed by atoms with Gasteiger partial charge in [0.25, 0.3) is 0 Å². The van der Waals surface area contributed by atoms with Crippen molar-refractivity contribution in [2.75, 3.05) is 0 Å². The summed E-state index contributed by atoms with van der Waals surface area (Å²) in [6.07, 6.45) is 11.9. The molecule has 0 radical (unpaired) electrons. The Morgan fingerprint density at radius 2 is 1.43 bits per heavy atom. The molecule has 3 rings (SSSR count). The van der Waals surface area contributed by atoms with Gasteiger partial charge in [-0.3, -0.25) is 0 Å². The summed E-state index contributed by atoms with van der Waals surface area (Å²) in [7, 11) is 0. The van der Waals surface area contributed by atoms with Gasteiger partial charge in [0.05, 0.1) is 0 Å². The summed E-state index contributed by atoms with van der Waals surface area (Å²) in [5.74, 6) is 3.16. The van der Waals surface area contributed by atoms with E-state index >= 15 is 0 Å². The van der Waals surface area contributed by atoms with Crippen molar-refractivity contribution in [3.63, 3.8) is 0 Å². The van der Waals surface area contributed by atoms with Gasteiger partial charge in [-0.25, -0.2) is 4.39 Å². The largest absolute Gasteiger partial charge is 0.327 e. The fourth-order valence-electron chi connectivity index (χ4n) is 5.04. The first-order valence-corrected chi connectivity index (χ1v) is 9.68. The first kappa shape index (κ1) is 17.0. The molecule has 2 saturated carbocycles. The molecule has 1 nitrogen and oxygen atoms in total. The van der Waals surface area contributed by atoms with Crippen LogP contribution in [0.2, 0.25) is 0 Å². The number of halogens is 1. The van der Waals surface area contributed by atoms with Crippen LogP contribution in [0.4, 0.5) is 4.39 Å². The van der Waals surface area contributed by atoms with Crippen LogP contribution >= 0.6 is 0 Å². The molecule has 1 atom stereocenters. The zero-order chi connectivity index (χ0) is 16.2. The van der Waals surface area contributed by atoms with Gasteiger partial charge in [-0.1, -0.05) is 19.1 Å². The van der Waals surface area contributed by atoms with Crippen molar-refractivity contribution in [3.05, 3.63) is 35.6 Å². The van der Waals surface area contributed by atoms with Crippen molar-refractivity contribution in [3.8, 4) is 0 Å². The second kappa shape index (κ2) is 7.79. The molecule has 0 saturated heterocycles. The van der Waals surface area contributed by atoms with E-state index < -0.39 is 0 Å². The van der Waals surface area contributed by atoms with Crippen molar-refractivity contribution in [2.45, 2.75) is 76.7 Å². The van der Waals surface area contributed by atoms with Crippen molar-refractivity contribution in [2.24, 2.45) is 23.5 Å². The molecule has 2 aliphatic rings. The van der Waals surface area contributed by atoms with Crippen LogP contribution in [0, 0.1) is 23.6 Å². The third-order valence-corrected chi connectivity index (χ3v) is 6.67. The molecule has 0 aromatic heterocycles. The Morgan fingerprint density at radius 1 is 0.913 bits per heavy atom. The topological polar surface area (TPSA) is 26.0 Å². The number of hydrogen-bond acceptors (Lipinski definition) is 1. The lowest BCUT2D eigenvalue weighted by Crippen LogP contribution is -2.34. The van der Waals surface area contributed by atoms with E-state index in [4.69, 9.17) is 5.73 Å². The van der Waals surface area contributed by atoms with Crippen LogP contribution in [0.25, 0.3) is 0 Å². The molecule has 0 aliphatic heterocycles. The van der Waals surface area contributed by atoms with Crippen LogP contribution in [0.1, 0.15) is 76.2 Å². The molecule has 0 heterocycles. The molecule has 2 heteroatoms. The van der Waals surface area contributed by atoms with Crippen LogP contribution in [0.15, 0.2) is 24.3 Å². The average molecular weight is 317 g/mol. The predicted molar refractivity (Wildman–Crippen MR) is 94.8 cm³/mol. The van der Waals surface area contributed by atoms with Gasteiger partial charge < -0.3 is 5.73 Å². The number of rotatable bonds is 4. The zero-order valence-electron chi connectivity index (χ0n) is 14.5. The van der Waals surface area contributed by atoms with Crippen LogP contribution in [0.3, 0.4) is 0 Å². The van der Waals surface area contributed by atoms with Gasteiger partial charge in [-0.15, -0.1) is 0 Å². The van der Waals surface area contributed by atoms with Crippen LogP contribution < -0.4 is 5.73 Å². The van der Waals surface area contributed by atoms with Gasteiger partial charge >= 0.3 is 0 Å². The third-order valence-electron chi connectivity index (χ3n) is 6.67. The molecule has 1 unspecified atom stereocenters. The number of nitrogens with two attached hydrogens (primary N) is 1. The van der Waals surface area contributed by atoms with Gasteiger partial charge in [0.1, 0.15) is 5.82 Å². The molecule has 1 aromatic rings. The zero-order valence-corrected chi connectivity index (χ0v) is 14.5. The highest BCUT2D eigenvalue weighted by molar-refractivity contribution is 5.20. The molecular formula is C21H32FN. The predicted octanol–water partition coefficient (Wildman–Crippen LogP) is 5.64. The molecule has 2 fully saturated rings. The minimum absolute atomic E-state index is 0.121. The summed E-state index contributed by atoms with van der Waals surface area (Å²) in [5, 5.41) is 0. The van der Waals surface area contributed by atoms with E-state index in [1.54, 1.807) is 12.1 Å². The minimum Gasteiger partial charge on any atom is -0.327 e. The van der Waals surface area contributed by atoms with E-state index in [1.807, 2.05) is 12.1 Å². The maximum Gasteiger partial charge on any atom is 0.123 e. The minimum atomic E-state index is -0.121. The SMILES string of the molecule is CCC(N)C1CCC(C2CCC(c3ccc(F)cc3)CC2)CC1. The van der Waals surface area contributed by atoms with Crippen molar-refractivity contribution in [1.29, 1.82) is 0 Å². The van der Waals surface area contributed by atoms with Crippen molar-refractivity contribution in [1.82, 2.24) is 0 Å². The Morgan fingerprint density at radius 3 is 1.96 bits per heavy atom. The first-order chi connectivity index (χ1) is 11.2. The highest BCUT2D eigenvalue weighted by Crippen LogP contribution is 2.44. The van der Waals surface area contributed by atoms with Crippen LogP contribution in [0.5, 0.6) is 0 Å². The van der Waals surface area contributed by atoms with Crippen LogP contribution in [-0.2, 0) is 0 Å². The Bertz CT molecular complexity index is 467. The van der Waals surface area contributed by atoms with Gasteiger partial charge in [0, 0.05) is 6.04 Å². The monoisotopic (exact) mass is 317 g/mol. The van der Waals surface area contributed by atoms with Gasteiger partial charge in [-0.2, -0.15) is 0 Å². The average Bonchev–Trinajstić information content (AvgIpc) is 2.62. The van der Waals surface area contributed by atoms with E-state index in [1.165, 1.54) is 56.9 Å². The molecule has 128 valence electrons. The summed E-state index contributed by atoms with van der Waals surface area (Å²) < 4.78 is 13.1. The van der Waals surface area contributed by atoms with Gasteiger partial charge in [-0.05, 0) is 99.2 Å². The van der Waals surface area contributed by atoms with E-state index in [0.29, 0.717) is 12.0 Å². The highest BCUT2D eigenvalue weighted by Gasteiger charge is 2.32. The highest BCUT2D eigenvalue weighted by atomic mass is 19.1. The summed E-state index contributed by atoms with van der Waals surface area (Å²) in [4.78, 5) is 0. The Kier molecular flexibility index (Phi) is 5.74. The van der Waals surface area contributed by atoms with Gasteiger partial charge in [0.15, 0.2) is 0 Å². The standard InChI is InChI=1S/C21H32FN/c1-2-21(23)19-9-7-17(8-10-19)15-3-5-16(6-4-15)18-11-13-20(22)14-12-18/h11-17,19,21H,2-10,23H2,1H3. The quantitative estimate of drug-likeness (QED) is 0.763. The molecule has 0 spiro atoms. The summed E-state index contributed by atoms with van der Waals surface area (Å²) >= 11 is 0. The summed E-state index contributed by atoms with van der Waals surface area (Å²) in [5.41, 5.74) is 7.57. The second-order valence-electron chi connectivity index (χ2n) is 7.91. The van der Waals surface area contributed by atoms with Crippen molar-refractivity contribution >= 4 is 0 Å². The lowest BCUT2D eigenvalue weighted by molar-refractivity contribution is 0.149. The maximum atomic E-state index is 13.1. The molecule has 23 heavy (non-hydrogen) atoms. The summed E-state index contributed by atoms with van der Waals surface area (Å²) in [6, 6.07) is 7.61. The number of hydrogen-bond donors (Lipinski definition) is 1. The Labute approximate surface area is 140 Å². The summed E-state index contributed by atoms with van der Waals surface area (Å²) in [6.45, 7) is 2.22. The second-order valence-corrected chi connectivity index (χ2v) is 7.91. The van der Waals surface area contributed by atoms with Crippen molar-refractivity contribution < 1.29 is 4.39 Å².